The van der Waals surface area contributed by atoms with Crippen molar-refractivity contribution in [3.63, 3.8) is 0 Å². The lowest BCUT2D eigenvalue weighted by Gasteiger charge is -2.16. The molecule has 1 heterocycles. The zero-order valence-corrected chi connectivity index (χ0v) is 16.3. The van der Waals surface area contributed by atoms with Gasteiger partial charge in [-0.2, -0.15) is 0 Å². The minimum atomic E-state index is 0.0603. The van der Waals surface area contributed by atoms with Gasteiger partial charge in [-0.25, -0.2) is 0 Å². The highest BCUT2D eigenvalue weighted by Gasteiger charge is 2.22. The Hall–Kier alpha value is -2.59. The predicted molar refractivity (Wildman–Crippen MR) is 111 cm³/mol. The van der Waals surface area contributed by atoms with E-state index in [0.717, 1.165) is 65.6 Å². The minimum absolute atomic E-state index is 0.0603. The Labute approximate surface area is 159 Å². The van der Waals surface area contributed by atoms with Crippen molar-refractivity contribution in [3.8, 4) is 16.9 Å². The smallest absolute Gasteiger partial charge is 0.251 e. The number of pyridine rings is 1. The molecule has 0 aliphatic heterocycles. The van der Waals surface area contributed by atoms with E-state index >= 15 is 0 Å². The van der Waals surface area contributed by atoms with E-state index in [2.05, 4.69) is 48.2 Å². The van der Waals surface area contributed by atoms with E-state index in [4.69, 9.17) is 4.74 Å². The molecule has 4 heteroatoms. The molecule has 1 aliphatic rings. The fourth-order valence-electron chi connectivity index (χ4n) is 4.12. The predicted octanol–water partition coefficient (Wildman–Crippen LogP) is 3.80. The molecule has 0 radical (unpaired) electrons. The Morgan fingerprint density at radius 2 is 1.78 bits per heavy atom. The number of aryl methyl sites for hydroxylation is 1. The molecule has 0 spiro atoms. The summed E-state index contributed by atoms with van der Waals surface area (Å²) in [5.74, 6) is 0.852. The average molecular weight is 362 g/mol. The molecular weight excluding hydrogens is 336 g/mol. The second-order valence-electron chi connectivity index (χ2n) is 7.58. The second-order valence-corrected chi connectivity index (χ2v) is 7.58. The van der Waals surface area contributed by atoms with Crippen molar-refractivity contribution in [2.24, 2.45) is 0 Å². The molecule has 0 fully saturated rings. The van der Waals surface area contributed by atoms with Crippen LogP contribution in [0.2, 0.25) is 0 Å². The highest BCUT2D eigenvalue weighted by Crippen LogP contribution is 2.40. The number of aromatic amines is 1. The SMILES string of the molecule is COc1ccc2[nH]c(=O)c3c(c2c1-c1ccc(CCN(C)C)cc1)CCC3. The van der Waals surface area contributed by atoms with Crippen molar-refractivity contribution in [3.05, 3.63) is 63.4 Å². The standard InChI is InChI=1S/C23H26N2O2/c1-25(2)14-13-15-7-9-16(10-8-15)21-20(27-3)12-11-19-22(21)17-5-4-6-18(17)23(26)24-19/h7-12H,4-6,13-14H2,1-3H3,(H,24,26). The third kappa shape index (κ3) is 3.26. The van der Waals surface area contributed by atoms with Gasteiger partial charge >= 0.3 is 0 Å². The summed E-state index contributed by atoms with van der Waals surface area (Å²) < 4.78 is 5.71. The van der Waals surface area contributed by atoms with E-state index < -0.39 is 0 Å². The number of nitrogens with one attached hydrogen (secondary N) is 1. The van der Waals surface area contributed by atoms with Crippen molar-refractivity contribution in [2.75, 3.05) is 27.7 Å². The molecule has 4 rings (SSSR count). The van der Waals surface area contributed by atoms with Crippen molar-refractivity contribution in [1.29, 1.82) is 0 Å². The van der Waals surface area contributed by atoms with Gasteiger partial charge in [-0.15, -0.1) is 0 Å². The summed E-state index contributed by atoms with van der Waals surface area (Å²) >= 11 is 0. The van der Waals surface area contributed by atoms with Gasteiger partial charge in [0.2, 0.25) is 0 Å². The third-order valence-electron chi connectivity index (χ3n) is 5.52. The summed E-state index contributed by atoms with van der Waals surface area (Å²) in [7, 11) is 5.90. The molecule has 0 saturated carbocycles. The molecule has 27 heavy (non-hydrogen) atoms. The van der Waals surface area contributed by atoms with Crippen LogP contribution in [-0.4, -0.2) is 37.6 Å². The van der Waals surface area contributed by atoms with Crippen LogP contribution in [0.15, 0.2) is 41.2 Å². The highest BCUT2D eigenvalue weighted by molar-refractivity contribution is 6.00. The van der Waals surface area contributed by atoms with Crippen LogP contribution in [0.5, 0.6) is 5.75 Å². The average Bonchev–Trinajstić information content (AvgIpc) is 3.16. The molecule has 4 nitrogen and oxygen atoms in total. The van der Waals surface area contributed by atoms with Crippen LogP contribution in [0, 0.1) is 0 Å². The Balaban J connectivity index is 1.88. The van der Waals surface area contributed by atoms with E-state index in [1.54, 1.807) is 7.11 Å². The lowest BCUT2D eigenvalue weighted by atomic mass is 9.94. The van der Waals surface area contributed by atoms with E-state index in [1.807, 2.05) is 12.1 Å². The van der Waals surface area contributed by atoms with Gasteiger partial charge < -0.3 is 14.6 Å². The Morgan fingerprint density at radius 3 is 2.48 bits per heavy atom. The normalized spacial score (nSPS) is 13.3. The second kappa shape index (κ2) is 7.20. The summed E-state index contributed by atoms with van der Waals surface area (Å²) in [6.45, 7) is 1.03. The summed E-state index contributed by atoms with van der Waals surface area (Å²) in [4.78, 5) is 17.7. The van der Waals surface area contributed by atoms with Gasteiger partial charge in [0, 0.05) is 28.6 Å². The summed E-state index contributed by atoms with van der Waals surface area (Å²) in [6, 6.07) is 12.7. The summed E-state index contributed by atoms with van der Waals surface area (Å²) in [5.41, 5.74) is 6.64. The van der Waals surface area contributed by atoms with Crippen LogP contribution < -0.4 is 10.3 Å². The minimum Gasteiger partial charge on any atom is -0.496 e. The van der Waals surface area contributed by atoms with Gasteiger partial charge in [0.15, 0.2) is 0 Å². The number of aromatic nitrogens is 1. The number of rotatable bonds is 5. The molecule has 1 N–H and O–H groups in total. The van der Waals surface area contributed by atoms with Crippen LogP contribution in [0.4, 0.5) is 0 Å². The highest BCUT2D eigenvalue weighted by atomic mass is 16.5. The summed E-state index contributed by atoms with van der Waals surface area (Å²) in [5, 5.41) is 1.14. The molecule has 1 aliphatic carbocycles. The maximum atomic E-state index is 12.4. The monoisotopic (exact) mass is 362 g/mol. The number of nitrogens with zero attached hydrogens (tertiary/aromatic N) is 1. The topological polar surface area (TPSA) is 45.3 Å². The van der Waals surface area contributed by atoms with E-state index in [-0.39, 0.29) is 5.56 Å². The van der Waals surface area contributed by atoms with Gasteiger partial charge in [0.05, 0.1) is 7.11 Å². The van der Waals surface area contributed by atoms with Crippen molar-refractivity contribution >= 4 is 10.9 Å². The molecule has 0 saturated heterocycles. The van der Waals surface area contributed by atoms with E-state index in [1.165, 1.54) is 11.1 Å². The van der Waals surface area contributed by atoms with Crippen LogP contribution in [-0.2, 0) is 19.3 Å². The Bertz CT molecular complexity index is 1030. The fourth-order valence-corrected chi connectivity index (χ4v) is 4.12. The van der Waals surface area contributed by atoms with Crippen LogP contribution in [0.25, 0.3) is 22.0 Å². The van der Waals surface area contributed by atoms with Crippen molar-refractivity contribution in [1.82, 2.24) is 9.88 Å². The van der Waals surface area contributed by atoms with Crippen molar-refractivity contribution in [2.45, 2.75) is 25.7 Å². The molecular formula is C23H26N2O2. The van der Waals surface area contributed by atoms with Crippen LogP contribution in [0.1, 0.15) is 23.1 Å². The third-order valence-corrected chi connectivity index (χ3v) is 5.52. The Kier molecular flexibility index (Phi) is 4.75. The number of fused-ring (bicyclic) bond motifs is 3. The molecule has 140 valence electrons. The quantitative estimate of drug-likeness (QED) is 0.751. The van der Waals surface area contributed by atoms with Gasteiger partial charge in [-0.05, 0) is 68.6 Å². The number of hydrogen-bond acceptors (Lipinski definition) is 3. The molecule has 3 aromatic rings. The molecule has 0 atom stereocenters. The van der Waals surface area contributed by atoms with Crippen LogP contribution >= 0.6 is 0 Å². The number of ether oxygens (including phenoxy) is 1. The molecule has 2 aromatic carbocycles. The van der Waals surface area contributed by atoms with Gasteiger partial charge in [0.25, 0.3) is 5.56 Å². The first-order valence-corrected chi connectivity index (χ1v) is 9.57. The lowest BCUT2D eigenvalue weighted by Crippen LogP contribution is -2.14. The number of H-pyrrole nitrogens is 1. The first-order valence-electron chi connectivity index (χ1n) is 9.57. The van der Waals surface area contributed by atoms with E-state index in [0.29, 0.717) is 0 Å². The van der Waals surface area contributed by atoms with Crippen molar-refractivity contribution < 1.29 is 4.74 Å². The maximum Gasteiger partial charge on any atom is 0.251 e. The number of hydrogen-bond donors (Lipinski definition) is 1. The summed E-state index contributed by atoms with van der Waals surface area (Å²) in [6.07, 6.45) is 3.89. The largest absolute Gasteiger partial charge is 0.496 e. The number of likely N-dealkylation sites (N-methyl/N-ethyl adjacent to an activating group) is 1. The molecule has 0 amide bonds. The Morgan fingerprint density at radius 1 is 1.04 bits per heavy atom. The zero-order chi connectivity index (χ0) is 19.0. The van der Waals surface area contributed by atoms with Crippen LogP contribution in [0.3, 0.4) is 0 Å². The van der Waals surface area contributed by atoms with Gasteiger partial charge in [-0.1, -0.05) is 24.3 Å². The maximum absolute atomic E-state index is 12.4. The first-order chi connectivity index (χ1) is 13.1. The number of methoxy groups -OCH3 is 1. The fraction of sp³-hybridized carbons (Fsp3) is 0.348. The van der Waals surface area contributed by atoms with Gasteiger partial charge in [0.1, 0.15) is 5.75 Å². The van der Waals surface area contributed by atoms with E-state index in [9.17, 15) is 4.79 Å². The molecule has 1 aromatic heterocycles. The first kappa shape index (κ1) is 17.8. The zero-order valence-electron chi connectivity index (χ0n) is 16.3. The van der Waals surface area contributed by atoms with Gasteiger partial charge in [-0.3, -0.25) is 4.79 Å². The number of benzene rings is 2. The molecule has 0 unspecified atom stereocenters. The lowest BCUT2D eigenvalue weighted by molar-refractivity contribution is 0.413. The molecule has 0 bridgehead atoms.